The first-order valence-electron chi connectivity index (χ1n) is 8.49. The predicted octanol–water partition coefficient (Wildman–Crippen LogP) is 5.71. The Kier molecular flexibility index (Phi) is 6.78. The standard InChI is InChI=1S/C19H14BrClF3N3O2S/c1-27-16(28)9-15(17(29)25-11-4-2-10(20)3-5-11)30-18(27)26-12-6-7-14(21)13(8-12)19(22,23)24/h2-8,15H,9H2,1H3,(H,25,29). The number of amides is 2. The molecule has 0 spiro atoms. The van der Waals surface area contributed by atoms with E-state index in [-0.39, 0.29) is 23.2 Å². The van der Waals surface area contributed by atoms with Crippen molar-refractivity contribution < 1.29 is 22.8 Å². The predicted molar refractivity (Wildman–Crippen MR) is 115 cm³/mol. The summed E-state index contributed by atoms with van der Waals surface area (Å²) in [7, 11) is 1.46. The third-order valence-electron chi connectivity index (χ3n) is 4.15. The first kappa shape index (κ1) is 22.6. The van der Waals surface area contributed by atoms with Gasteiger partial charge in [0.15, 0.2) is 5.17 Å². The SMILES string of the molecule is CN1C(=O)CC(C(=O)Nc2ccc(Br)cc2)SC1=Nc1ccc(Cl)c(C(F)(F)F)c1. The molecule has 2 aromatic rings. The number of carbonyl (C=O) groups excluding carboxylic acids is 2. The molecule has 1 saturated heterocycles. The number of nitrogens with zero attached hydrogens (tertiary/aromatic N) is 2. The van der Waals surface area contributed by atoms with Crippen LogP contribution in [0.15, 0.2) is 51.9 Å². The molecule has 1 N–H and O–H groups in total. The zero-order chi connectivity index (χ0) is 22.1. The van der Waals surface area contributed by atoms with E-state index in [1.807, 2.05) is 0 Å². The zero-order valence-electron chi connectivity index (χ0n) is 15.3. The largest absolute Gasteiger partial charge is 0.417 e. The lowest BCUT2D eigenvalue weighted by atomic mass is 10.2. The summed E-state index contributed by atoms with van der Waals surface area (Å²) in [4.78, 5) is 30.3. The Morgan fingerprint density at radius 2 is 1.93 bits per heavy atom. The van der Waals surface area contributed by atoms with Gasteiger partial charge in [-0.2, -0.15) is 13.2 Å². The molecule has 1 aliphatic heterocycles. The van der Waals surface area contributed by atoms with Gasteiger partial charge in [0.05, 0.1) is 16.3 Å². The molecule has 1 heterocycles. The summed E-state index contributed by atoms with van der Waals surface area (Å²) in [6.45, 7) is 0. The van der Waals surface area contributed by atoms with E-state index >= 15 is 0 Å². The van der Waals surface area contributed by atoms with Gasteiger partial charge in [0.1, 0.15) is 5.25 Å². The molecule has 158 valence electrons. The van der Waals surface area contributed by atoms with E-state index in [4.69, 9.17) is 11.6 Å². The molecular weight excluding hydrogens is 507 g/mol. The van der Waals surface area contributed by atoms with Crippen LogP contribution in [0.25, 0.3) is 0 Å². The number of aliphatic imine (C=N–C) groups is 1. The van der Waals surface area contributed by atoms with Crippen molar-refractivity contribution in [2.24, 2.45) is 4.99 Å². The number of hydrogen-bond acceptors (Lipinski definition) is 4. The summed E-state index contributed by atoms with van der Waals surface area (Å²) in [5.41, 5.74) is -0.491. The van der Waals surface area contributed by atoms with Crippen LogP contribution in [-0.4, -0.2) is 34.2 Å². The minimum absolute atomic E-state index is 0.0251. The lowest BCUT2D eigenvalue weighted by molar-refractivity contribution is -0.137. The number of rotatable bonds is 3. The smallest absolute Gasteiger partial charge is 0.325 e. The Labute approximate surface area is 187 Å². The minimum Gasteiger partial charge on any atom is -0.325 e. The molecule has 0 aliphatic carbocycles. The van der Waals surface area contributed by atoms with E-state index in [9.17, 15) is 22.8 Å². The summed E-state index contributed by atoms with van der Waals surface area (Å²) in [6, 6.07) is 10.1. The van der Waals surface area contributed by atoms with Gasteiger partial charge in [-0.1, -0.05) is 39.3 Å². The number of amidine groups is 1. The van der Waals surface area contributed by atoms with Crippen LogP contribution in [-0.2, 0) is 15.8 Å². The van der Waals surface area contributed by atoms with Gasteiger partial charge in [0.25, 0.3) is 0 Å². The fourth-order valence-electron chi connectivity index (χ4n) is 2.56. The van der Waals surface area contributed by atoms with Crippen LogP contribution in [0.4, 0.5) is 24.5 Å². The van der Waals surface area contributed by atoms with Crippen LogP contribution < -0.4 is 5.32 Å². The fourth-order valence-corrected chi connectivity index (χ4v) is 4.12. The molecule has 2 aromatic carbocycles. The summed E-state index contributed by atoms with van der Waals surface area (Å²) in [5, 5.41) is 1.63. The molecule has 0 radical (unpaired) electrons. The van der Waals surface area contributed by atoms with Crippen LogP contribution in [0, 0.1) is 0 Å². The maximum absolute atomic E-state index is 13.1. The highest BCUT2D eigenvalue weighted by Gasteiger charge is 2.35. The molecule has 1 aliphatic rings. The summed E-state index contributed by atoms with van der Waals surface area (Å²) < 4.78 is 40.1. The summed E-state index contributed by atoms with van der Waals surface area (Å²) >= 11 is 9.94. The van der Waals surface area contributed by atoms with E-state index in [0.717, 1.165) is 28.4 Å². The third kappa shape index (κ3) is 5.35. The average Bonchev–Trinajstić information content (AvgIpc) is 2.67. The van der Waals surface area contributed by atoms with Crippen molar-refractivity contribution in [3.05, 3.63) is 57.5 Å². The first-order valence-corrected chi connectivity index (χ1v) is 10.5. The molecule has 5 nitrogen and oxygen atoms in total. The molecule has 30 heavy (non-hydrogen) atoms. The molecule has 2 amide bonds. The number of hydrogen-bond donors (Lipinski definition) is 1. The van der Waals surface area contributed by atoms with Crippen molar-refractivity contribution in [3.63, 3.8) is 0 Å². The Bertz CT molecular complexity index is 1020. The maximum Gasteiger partial charge on any atom is 0.417 e. The lowest BCUT2D eigenvalue weighted by Gasteiger charge is -2.28. The van der Waals surface area contributed by atoms with Gasteiger partial charge < -0.3 is 5.32 Å². The molecule has 1 atom stereocenters. The number of halogens is 5. The molecule has 1 unspecified atom stereocenters. The van der Waals surface area contributed by atoms with Crippen LogP contribution >= 0.6 is 39.3 Å². The molecule has 11 heteroatoms. The van der Waals surface area contributed by atoms with Crippen LogP contribution in [0.1, 0.15) is 12.0 Å². The topological polar surface area (TPSA) is 61.8 Å². The van der Waals surface area contributed by atoms with E-state index in [2.05, 4.69) is 26.2 Å². The van der Waals surface area contributed by atoms with Gasteiger partial charge in [0.2, 0.25) is 11.8 Å². The minimum atomic E-state index is -4.64. The number of alkyl halides is 3. The molecule has 0 aromatic heterocycles. The van der Waals surface area contributed by atoms with Gasteiger partial charge in [-0.05, 0) is 42.5 Å². The van der Waals surface area contributed by atoms with Gasteiger partial charge in [-0.15, -0.1) is 0 Å². The van der Waals surface area contributed by atoms with Gasteiger partial charge in [-0.3, -0.25) is 14.5 Å². The van der Waals surface area contributed by atoms with Crippen LogP contribution in [0.5, 0.6) is 0 Å². The molecule has 0 saturated carbocycles. The average molecular weight is 521 g/mol. The fraction of sp³-hybridized carbons (Fsp3) is 0.211. The van der Waals surface area contributed by atoms with Crippen LogP contribution in [0.2, 0.25) is 5.02 Å². The highest BCUT2D eigenvalue weighted by molar-refractivity contribution is 9.10. The van der Waals surface area contributed by atoms with E-state index < -0.39 is 27.9 Å². The second kappa shape index (κ2) is 8.99. The zero-order valence-corrected chi connectivity index (χ0v) is 18.5. The quantitative estimate of drug-likeness (QED) is 0.564. The van der Waals surface area contributed by atoms with E-state index in [1.54, 1.807) is 24.3 Å². The molecule has 0 bridgehead atoms. The molecule has 3 rings (SSSR count). The number of benzene rings is 2. The van der Waals surface area contributed by atoms with Crippen LogP contribution in [0.3, 0.4) is 0 Å². The summed E-state index contributed by atoms with van der Waals surface area (Å²) in [5.74, 6) is -0.767. The van der Waals surface area contributed by atoms with Crippen molar-refractivity contribution in [3.8, 4) is 0 Å². The third-order valence-corrected chi connectivity index (χ3v) is 6.25. The summed E-state index contributed by atoms with van der Waals surface area (Å²) in [6.07, 6.45) is -4.70. The monoisotopic (exact) mass is 519 g/mol. The second-order valence-electron chi connectivity index (χ2n) is 6.32. The van der Waals surface area contributed by atoms with Gasteiger partial charge >= 0.3 is 6.18 Å². The van der Waals surface area contributed by atoms with Crippen molar-refractivity contribution in [1.29, 1.82) is 0 Å². The van der Waals surface area contributed by atoms with Crippen molar-refractivity contribution in [2.75, 3.05) is 12.4 Å². The highest BCUT2D eigenvalue weighted by atomic mass is 79.9. The van der Waals surface area contributed by atoms with E-state index in [1.165, 1.54) is 18.0 Å². The van der Waals surface area contributed by atoms with Crippen molar-refractivity contribution in [1.82, 2.24) is 4.90 Å². The lowest BCUT2D eigenvalue weighted by Crippen LogP contribution is -2.43. The maximum atomic E-state index is 13.1. The molecular formula is C19H14BrClF3N3O2S. The Morgan fingerprint density at radius 1 is 1.27 bits per heavy atom. The Balaban J connectivity index is 1.83. The molecule has 1 fully saturated rings. The number of nitrogens with one attached hydrogen (secondary N) is 1. The van der Waals surface area contributed by atoms with Crippen molar-refractivity contribution >= 4 is 67.6 Å². The van der Waals surface area contributed by atoms with Gasteiger partial charge in [-0.25, -0.2) is 4.99 Å². The number of thioether (sulfide) groups is 1. The number of anilines is 1. The number of carbonyl (C=O) groups is 2. The first-order chi connectivity index (χ1) is 14.0. The second-order valence-corrected chi connectivity index (χ2v) is 8.81. The highest BCUT2D eigenvalue weighted by Crippen LogP contribution is 2.37. The van der Waals surface area contributed by atoms with Gasteiger partial charge in [0, 0.05) is 23.6 Å². The van der Waals surface area contributed by atoms with E-state index in [0.29, 0.717) is 5.69 Å². The van der Waals surface area contributed by atoms with Crippen molar-refractivity contribution in [2.45, 2.75) is 17.8 Å². The Hall–Kier alpha value is -2.04. The normalized spacial score (nSPS) is 18.6. The Morgan fingerprint density at radius 3 is 2.57 bits per heavy atom.